The fraction of sp³-hybridized carbons (Fsp3) is 0.0769. The number of rotatable bonds is 1. The Labute approximate surface area is 98.1 Å². The van der Waals surface area contributed by atoms with Gasteiger partial charge in [-0.25, -0.2) is 4.39 Å². The smallest absolute Gasteiger partial charge is 0.124 e. The molecule has 2 rings (SSSR count). The maximum atomic E-state index is 12.9. The van der Waals surface area contributed by atoms with Crippen LogP contribution >= 0.6 is 11.6 Å². The van der Waals surface area contributed by atoms with Crippen LogP contribution in [0, 0.1) is 12.7 Å². The molecule has 0 fully saturated rings. The zero-order valence-corrected chi connectivity index (χ0v) is 9.42. The summed E-state index contributed by atoms with van der Waals surface area (Å²) in [6, 6.07) is 9.34. The second-order valence-electron chi connectivity index (χ2n) is 3.64. The number of hydrogen-bond acceptors (Lipinski definition) is 1. The molecular formula is C13H10ClFO. The Hall–Kier alpha value is -1.54. The Morgan fingerprint density at radius 2 is 1.81 bits per heavy atom. The monoisotopic (exact) mass is 236 g/mol. The van der Waals surface area contributed by atoms with Gasteiger partial charge in [0.15, 0.2) is 0 Å². The quantitative estimate of drug-likeness (QED) is 0.788. The van der Waals surface area contributed by atoms with Gasteiger partial charge < -0.3 is 5.11 Å². The fourth-order valence-electron chi connectivity index (χ4n) is 1.57. The molecule has 0 aliphatic heterocycles. The first-order valence-corrected chi connectivity index (χ1v) is 5.21. The van der Waals surface area contributed by atoms with Crippen LogP contribution in [-0.4, -0.2) is 5.11 Å². The van der Waals surface area contributed by atoms with E-state index in [0.29, 0.717) is 16.1 Å². The molecule has 0 unspecified atom stereocenters. The number of aromatic hydroxyl groups is 1. The Kier molecular flexibility index (Phi) is 2.84. The van der Waals surface area contributed by atoms with Crippen molar-refractivity contribution in [1.82, 2.24) is 0 Å². The largest absolute Gasteiger partial charge is 0.507 e. The van der Waals surface area contributed by atoms with Crippen LogP contribution < -0.4 is 0 Å². The van der Waals surface area contributed by atoms with E-state index in [1.807, 2.05) is 13.0 Å². The number of phenols is 1. The first kappa shape index (κ1) is 11.0. The standard InChI is InChI=1S/C13H10ClFO/c1-8-2-5-13(16)11(6-8)10-4-3-9(15)7-12(10)14/h2-7,16H,1H3. The Morgan fingerprint density at radius 1 is 1.06 bits per heavy atom. The third-order valence-corrected chi connectivity index (χ3v) is 2.69. The molecule has 0 aromatic heterocycles. The van der Waals surface area contributed by atoms with E-state index in [9.17, 15) is 9.50 Å². The van der Waals surface area contributed by atoms with Crippen molar-refractivity contribution >= 4 is 11.6 Å². The summed E-state index contributed by atoms with van der Waals surface area (Å²) >= 11 is 5.94. The maximum Gasteiger partial charge on any atom is 0.124 e. The predicted octanol–water partition coefficient (Wildman–Crippen LogP) is 4.16. The van der Waals surface area contributed by atoms with E-state index in [-0.39, 0.29) is 11.6 Å². The van der Waals surface area contributed by atoms with Crippen molar-refractivity contribution in [3.63, 3.8) is 0 Å². The summed E-state index contributed by atoms with van der Waals surface area (Å²) in [5.41, 5.74) is 2.25. The Morgan fingerprint density at radius 3 is 2.50 bits per heavy atom. The van der Waals surface area contributed by atoms with Crippen molar-refractivity contribution in [2.75, 3.05) is 0 Å². The van der Waals surface area contributed by atoms with Crippen LogP contribution in [0.5, 0.6) is 5.75 Å². The van der Waals surface area contributed by atoms with Gasteiger partial charge >= 0.3 is 0 Å². The van der Waals surface area contributed by atoms with Gasteiger partial charge in [0.1, 0.15) is 11.6 Å². The lowest BCUT2D eigenvalue weighted by atomic mass is 10.0. The van der Waals surface area contributed by atoms with Crippen molar-refractivity contribution in [3.05, 3.63) is 52.8 Å². The Bertz CT molecular complexity index is 537. The normalized spacial score (nSPS) is 10.4. The highest BCUT2D eigenvalue weighted by molar-refractivity contribution is 6.33. The molecule has 2 aromatic carbocycles. The molecular weight excluding hydrogens is 227 g/mol. The van der Waals surface area contributed by atoms with E-state index in [4.69, 9.17) is 11.6 Å². The van der Waals surface area contributed by atoms with Gasteiger partial charge in [-0.1, -0.05) is 23.2 Å². The number of halogens is 2. The van der Waals surface area contributed by atoms with E-state index >= 15 is 0 Å². The molecule has 0 aliphatic carbocycles. The minimum atomic E-state index is -0.388. The van der Waals surface area contributed by atoms with Gasteiger partial charge in [-0.2, -0.15) is 0 Å². The molecule has 1 N–H and O–H groups in total. The molecule has 0 amide bonds. The van der Waals surface area contributed by atoms with Gasteiger partial charge in [0.25, 0.3) is 0 Å². The van der Waals surface area contributed by atoms with Crippen molar-refractivity contribution in [3.8, 4) is 16.9 Å². The molecule has 0 atom stereocenters. The minimum Gasteiger partial charge on any atom is -0.507 e. The lowest BCUT2D eigenvalue weighted by Crippen LogP contribution is -1.84. The lowest BCUT2D eigenvalue weighted by molar-refractivity contribution is 0.477. The lowest BCUT2D eigenvalue weighted by Gasteiger charge is -2.08. The summed E-state index contributed by atoms with van der Waals surface area (Å²) < 4.78 is 12.9. The Balaban J connectivity index is 2.62. The molecule has 0 spiro atoms. The van der Waals surface area contributed by atoms with Crippen LogP contribution in [0.3, 0.4) is 0 Å². The summed E-state index contributed by atoms with van der Waals surface area (Å²) in [7, 11) is 0. The molecule has 16 heavy (non-hydrogen) atoms. The van der Waals surface area contributed by atoms with E-state index in [2.05, 4.69) is 0 Å². The first-order valence-electron chi connectivity index (χ1n) is 4.83. The van der Waals surface area contributed by atoms with E-state index in [1.165, 1.54) is 12.1 Å². The van der Waals surface area contributed by atoms with Crippen molar-refractivity contribution in [1.29, 1.82) is 0 Å². The molecule has 1 nitrogen and oxygen atoms in total. The first-order chi connectivity index (χ1) is 7.58. The minimum absolute atomic E-state index is 0.138. The van der Waals surface area contributed by atoms with Crippen molar-refractivity contribution in [2.45, 2.75) is 6.92 Å². The van der Waals surface area contributed by atoms with Gasteiger partial charge in [-0.15, -0.1) is 0 Å². The van der Waals surface area contributed by atoms with E-state index in [1.54, 1.807) is 18.2 Å². The molecule has 3 heteroatoms. The third kappa shape index (κ3) is 2.02. The number of benzene rings is 2. The summed E-state index contributed by atoms with van der Waals surface area (Å²) in [5.74, 6) is -0.250. The average molecular weight is 237 g/mol. The molecule has 0 saturated heterocycles. The van der Waals surface area contributed by atoms with Crippen molar-refractivity contribution in [2.24, 2.45) is 0 Å². The molecule has 0 radical (unpaired) electrons. The van der Waals surface area contributed by atoms with E-state index < -0.39 is 0 Å². The molecule has 82 valence electrons. The van der Waals surface area contributed by atoms with Gasteiger partial charge in [0.05, 0.1) is 5.02 Å². The summed E-state index contributed by atoms with van der Waals surface area (Å²) in [6.45, 7) is 1.92. The highest BCUT2D eigenvalue weighted by atomic mass is 35.5. The second kappa shape index (κ2) is 4.14. The zero-order chi connectivity index (χ0) is 11.7. The molecule has 0 saturated carbocycles. The van der Waals surface area contributed by atoms with Crippen molar-refractivity contribution < 1.29 is 9.50 Å². The van der Waals surface area contributed by atoms with Gasteiger partial charge in [-0.05, 0) is 37.3 Å². The number of aryl methyl sites for hydroxylation is 1. The summed E-state index contributed by atoms with van der Waals surface area (Å²) in [4.78, 5) is 0. The topological polar surface area (TPSA) is 20.2 Å². The van der Waals surface area contributed by atoms with Crippen LogP contribution in [0.15, 0.2) is 36.4 Å². The summed E-state index contributed by atoms with van der Waals surface area (Å²) in [6.07, 6.45) is 0. The predicted molar refractivity (Wildman–Crippen MR) is 63.2 cm³/mol. The molecule has 0 bridgehead atoms. The van der Waals surface area contributed by atoms with E-state index in [0.717, 1.165) is 5.56 Å². The van der Waals surface area contributed by atoms with Crippen LogP contribution in [0.4, 0.5) is 4.39 Å². The number of hydrogen-bond donors (Lipinski definition) is 1. The summed E-state index contributed by atoms with van der Waals surface area (Å²) in [5, 5.41) is 10.0. The average Bonchev–Trinajstić information content (AvgIpc) is 2.22. The van der Waals surface area contributed by atoms with Crippen LogP contribution in [-0.2, 0) is 0 Å². The number of phenolic OH excluding ortho intramolecular Hbond substituents is 1. The maximum absolute atomic E-state index is 12.9. The van der Waals surface area contributed by atoms with Gasteiger partial charge in [-0.3, -0.25) is 0 Å². The second-order valence-corrected chi connectivity index (χ2v) is 4.05. The van der Waals surface area contributed by atoms with Crippen LogP contribution in [0.1, 0.15) is 5.56 Å². The van der Waals surface area contributed by atoms with Crippen LogP contribution in [0.25, 0.3) is 11.1 Å². The molecule has 2 aromatic rings. The molecule has 0 heterocycles. The highest BCUT2D eigenvalue weighted by Gasteiger charge is 2.09. The third-order valence-electron chi connectivity index (χ3n) is 2.37. The van der Waals surface area contributed by atoms with Crippen LogP contribution in [0.2, 0.25) is 5.02 Å². The molecule has 0 aliphatic rings. The SMILES string of the molecule is Cc1ccc(O)c(-c2ccc(F)cc2Cl)c1. The van der Waals surface area contributed by atoms with Gasteiger partial charge in [0.2, 0.25) is 0 Å². The van der Waals surface area contributed by atoms with Gasteiger partial charge in [0, 0.05) is 11.1 Å². The fourth-order valence-corrected chi connectivity index (χ4v) is 1.84. The highest BCUT2D eigenvalue weighted by Crippen LogP contribution is 2.34. The zero-order valence-electron chi connectivity index (χ0n) is 8.67.